The van der Waals surface area contributed by atoms with Crippen LogP contribution in [-0.4, -0.2) is 29.6 Å². The van der Waals surface area contributed by atoms with Crippen molar-refractivity contribution in [3.63, 3.8) is 0 Å². The lowest BCUT2D eigenvalue weighted by molar-refractivity contribution is -0.115. The van der Waals surface area contributed by atoms with E-state index < -0.39 is 0 Å². The maximum absolute atomic E-state index is 11.6. The summed E-state index contributed by atoms with van der Waals surface area (Å²) < 4.78 is 5.38. The van der Waals surface area contributed by atoms with E-state index >= 15 is 0 Å². The zero-order valence-corrected chi connectivity index (χ0v) is 11.5. The molecule has 0 aromatic heterocycles. The van der Waals surface area contributed by atoms with Gasteiger partial charge in [-0.1, -0.05) is 0 Å². The number of benzene rings is 1. The molecule has 5 heteroatoms. The summed E-state index contributed by atoms with van der Waals surface area (Å²) in [5, 5.41) is 12.1. The molecule has 1 aromatic rings. The second-order valence-corrected chi connectivity index (χ2v) is 4.69. The van der Waals surface area contributed by atoms with Crippen molar-refractivity contribution >= 4 is 23.4 Å². The van der Waals surface area contributed by atoms with Crippen LogP contribution in [0, 0.1) is 0 Å². The molecule has 4 nitrogen and oxygen atoms in total. The molecule has 0 aliphatic rings. The van der Waals surface area contributed by atoms with Crippen LogP contribution in [0.3, 0.4) is 0 Å². The molecule has 0 aliphatic heterocycles. The van der Waals surface area contributed by atoms with E-state index in [4.69, 9.17) is 4.74 Å². The van der Waals surface area contributed by atoms with Gasteiger partial charge in [-0.2, -0.15) is 11.8 Å². The van der Waals surface area contributed by atoms with E-state index in [1.807, 2.05) is 13.2 Å². The summed E-state index contributed by atoms with van der Waals surface area (Å²) in [4.78, 5) is 11.6. The summed E-state index contributed by atoms with van der Waals surface area (Å²) >= 11 is 1.64. The molecule has 100 valence electrons. The predicted octanol–water partition coefficient (Wildman–Crippen LogP) is 2.27. The van der Waals surface area contributed by atoms with Crippen LogP contribution in [0.4, 0.5) is 5.69 Å². The molecule has 0 fully saturated rings. The second kappa shape index (κ2) is 8.00. The van der Waals surface area contributed by atoms with Gasteiger partial charge in [0.2, 0.25) is 5.91 Å². The van der Waals surface area contributed by atoms with Crippen molar-refractivity contribution in [3.05, 3.63) is 23.8 Å². The summed E-state index contributed by atoms with van der Waals surface area (Å²) in [7, 11) is 0. The number of aliphatic hydroxyl groups excluding tert-OH is 1. The molecule has 1 rings (SSSR count). The number of nitrogens with one attached hydrogen (secondary N) is 1. The maximum Gasteiger partial charge on any atom is 0.225 e. The SMILES string of the molecule is CCOc1ccc(NC(=O)CCSC)cc1CO. The molecule has 0 saturated heterocycles. The van der Waals surface area contributed by atoms with Crippen LogP contribution in [0.5, 0.6) is 5.75 Å². The number of carbonyl (C=O) groups is 1. The Hall–Kier alpha value is -1.20. The Morgan fingerprint density at radius 2 is 2.28 bits per heavy atom. The third-order valence-electron chi connectivity index (χ3n) is 2.35. The van der Waals surface area contributed by atoms with Crippen molar-refractivity contribution in [2.75, 3.05) is 23.9 Å². The van der Waals surface area contributed by atoms with Gasteiger partial charge in [-0.25, -0.2) is 0 Å². The number of hydrogen-bond donors (Lipinski definition) is 2. The van der Waals surface area contributed by atoms with Gasteiger partial charge >= 0.3 is 0 Å². The summed E-state index contributed by atoms with van der Waals surface area (Å²) in [6, 6.07) is 5.28. The highest BCUT2D eigenvalue weighted by Gasteiger charge is 2.06. The zero-order valence-electron chi connectivity index (χ0n) is 10.7. The van der Waals surface area contributed by atoms with Crippen LogP contribution in [0.15, 0.2) is 18.2 Å². The first-order valence-electron chi connectivity index (χ1n) is 5.86. The van der Waals surface area contributed by atoms with Gasteiger partial charge in [-0.15, -0.1) is 0 Å². The lowest BCUT2D eigenvalue weighted by atomic mass is 10.2. The standard InChI is InChI=1S/C13H19NO3S/c1-3-17-12-5-4-11(8-10(12)9-15)14-13(16)6-7-18-2/h4-5,8,15H,3,6-7,9H2,1-2H3,(H,14,16). The molecular formula is C13H19NO3S. The molecule has 1 aromatic carbocycles. The molecule has 0 bridgehead atoms. The largest absolute Gasteiger partial charge is 0.494 e. The van der Waals surface area contributed by atoms with E-state index in [1.165, 1.54) is 0 Å². The third-order valence-corrected chi connectivity index (χ3v) is 2.96. The van der Waals surface area contributed by atoms with Gasteiger partial charge in [-0.3, -0.25) is 4.79 Å². The fourth-order valence-electron chi connectivity index (χ4n) is 1.50. The Balaban J connectivity index is 2.69. The first-order valence-corrected chi connectivity index (χ1v) is 7.26. The molecule has 0 radical (unpaired) electrons. The van der Waals surface area contributed by atoms with Gasteiger partial charge in [0.1, 0.15) is 5.75 Å². The van der Waals surface area contributed by atoms with Crippen LogP contribution in [0.2, 0.25) is 0 Å². The van der Waals surface area contributed by atoms with Crippen LogP contribution in [-0.2, 0) is 11.4 Å². The van der Waals surface area contributed by atoms with Gasteiger partial charge < -0.3 is 15.2 Å². The van der Waals surface area contributed by atoms with Crippen molar-refractivity contribution in [1.29, 1.82) is 0 Å². The number of amides is 1. The lowest BCUT2D eigenvalue weighted by Gasteiger charge is -2.11. The first-order chi connectivity index (χ1) is 8.71. The van der Waals surface area contributed by atoms with Gasteiger partial charge in [0.15, 0.2) is 0 Å². The quantitative estimate of drug-likeness (QED) is 0.797. The van der Waals surface area contributed by atoms with E-state index in [1.54, 1.807) is 30.0 Å². The number of hydrogen-bond acceptors (Lipinski definition) is 4. The normalized spacial score (nSPS) is 10.2. The fourth-order valence-corrected chi connectivity index (χ4v) is 1.88. The summed E-state index contributed by atoms with van der Waals surface area (Å²) in [6.45, 7) is 2.33. The fraction of sp³-hybridized carbons (Fsp3) is 0.462. The van der Waals surface area contributed by atoms with E-state index in [-0.39, 0.29) is 12.5 Å². The van der Waals surface area contributed by atoms with Crippen LogP contribution in [0.25, 0.3) is 0 Å². The zero-order chi connectivity index (χ0) is 13.4. The van der Waals surface area contributed by atoms with Crippen molar-refractivity contribution in [2.24, 2.45) is 0 Å². The van der Waals surface area contributed by atoms with Gasteiger partial charge in [0, 0.05) is 23.4 Å². The third kappa shape index (κ3) is 4.58. The number of aliphatic hydroxyl groups is 1. The minimum Gasteiger partial charge on any atom is -0.494 e. The molecule has 2 N–H and O–H groups in total. The monoisotopic (exact) mass is 269 g/mol. The number of anilines is 1. The Bertz CT molecular complexity index is 396. The van der Waals surface area contributed by atoms with Gasteiger partial charge in [0.05, 0.1) is 13.2 Å². The smallest absolute Gasteiger partial charge is 0.225 e. The molecular weight excluding hydrogens is 250 g/mol. The molecule has 0 atom stereocenters. The number of carbonyl (C=O) groups excluding carboxylic acids is 1. The molecule has 0 spiro atoms. The van der Waals surface area contributed by atoms with Crippen LogP contribution in [0.1, 0.15) is 18.9 Å². The summed E-state index contributed by atoms with van der Waals surface area (Å²) in [5.74, 6) is 1.44. The van der Waals surface area contributed by atoms with Crippen molar-refractivity contribution in [2.45, 2.75) is 20.0 Å². The highest BCUT2D eigenvalue weighted by atomic mass is 32.2. The van der Waals surface area contributed by atoms with Gasteiger partial charge in [0.25, 0.3) is 0 Å². The Morgan fingerprint density at radius 1 is 1.50 bits per heavy atom. The summed E-state index contributed by atoms with van der Waals surface area (Å²) in [6.07, 6.45) is 2.46. The lowest BCUT2D eigenvalue weighted by Crippen LogP contribution is -2.12. The molecule has 0 aliphatic carbocycles. The van der Waals surface area contributed by atoms with Crippen LogP contribution < -0.4 is 10.1 Å². The van der Waals surface area contributed by atoms with E-state index in [0.29, 0.717) is 30.0 Å². The van der Waals surface area contributed by atoms with Crippen molar-refractivity contribution in [1.82, 2.24) is 0 Å². The van der Waals surface area contributed by atoms with E-state index in [0.717, 1.165) is 5.75 Å². The number of ether oxygens (including phenoxy) is 1. The average molecular weight is 269 g/mol. The first kappa shape index (κ1) is 14.9. The van der Waals surface area contributed by atoms with Crippen molar-refractivity contribution < 1.29 is 14.6 Å². The van der Waals surface area contributed by atoms with Crippen LogP contribution >= 0.6 is 11.8 Å². The Kier molecular flexibility index (Phi) is 6.60. The minimum atomic E-state index is -0.107. The van der Waals surface area contributed by atoms with E-state index in [2.05, 4.69) is 5.32 Å². The molecule has 0 heterocycles. The van der Waals surface area contributed by atoms with Gasteiger partial charge in [-0.05, 0) is 31.4 Å². The molecule has 18 heavy (non-hydrogen) atoms. The Labute approximate surface area is 112 Å². The van der Waals surface area contributed by atoms with E-state index in [9.17, 15) is 9.90 Å². The Morgan fingerprint density at radius 3 is 2.89 bits per heavy atom. The second-order valence-electron chi connectivity index (χ2n) is 3.70. The predicted molar refractivity (Wildman–Crippen MR) is 75.2 cm³/mol. The minimum absolute atomic E-state index is 0.0163. The molecule has 0 saturated carbocycles. The highest BCUT2D eigenvalue weighted by Crippen LogP contribution is 2.23. The molecule has 1 amide bonds. The number of thioether (sulfide) groups is 1. The highest BCUT2D eigenvalue weighted by molar-refractivity contribution is 7.98. The van der Waals surface area contributed by atoms with Crippen molar-refractivity contribution in [3.8, 4) is 5.75 Å². The maximum atomic E-state index is 11.6. The average Bonchev–Trinajstić information content (AvgIpc) is 2.38. The summed E-state index contributed by atoms with van der Waals surface area (Å²) in [5.41, 5.74) is 1.37. The molecule has 0 unspecified atom stereocenters. The topological polar surface area (TPSA) is 58.6 Å². The number of rotatable bonds is 7.